The zero-order valence-corrected chi connectivity index (χ0v) is 17.9. The van der Waals surface area contributed by atoms with Gasteiger partial charge in [-0.1, -0.05) is 0 Å². The Morgan fingerprint density at radius 2 is 1.97 bits per heavy atom. The zero-order chi connectivity index (χ0) is 23.5. The number of carbonyl (C=O) groups is 1. The van der Waals surface area contributed by atoms with Crippen molar-refractivity contribution >= 4 is 22.5 Å². The predicted octanol–water partition coefficient (Wildman–Crippen LogP) is 1.95. The van der Waals surface area contributed by atoms with Gasteiger partial charge in [0.2, 0.25) is 12.4 Å². The number of rotatable bonds is 6. The van der Waals surface area contributed by atoms with Crippen molar-refractivity contribution in [2.24, 2.45) is 0 Å². The summed E-state index contributed by atoms with van der Waals surface area (Å²) in [5, 5.41) is 3.02. The summed E-state index contributed by atoms with van der Waals surface area (Å²) >= 11 is 0. The van der Waals surface area contributed by atoms with Gasteiger partial charge in [0.25, 0.3) is 11.5 Å². The molecule has 0 aliphatic carbocycles. The number of hydrogen-bond acceptors (Lipinski definition) is 6. The fourth-order valence-corrected chi connectivity index (χ4v) is 3.89. The number of H-pyrrole nitrogens is 1. The van der Waals surface area contributed by atoms with E-state index in [-0.39, 0.29) is 11.3 Å². The average Bonchev–Trinajstić information content (AvgIpc) is 2.79. The Morgan fingerprint density at radius 1 is 1.21 bits per heavy atom. The molecule has 1 saturated heterocycles. The minimum Gasteiger partial charge on any atom is -0.365 e. The molecule has 3 aromatic heterocycles. The number of amides is 1. The number of anilines is 1. The largest absolute Gasteiger partial charge is 0.365 e. The zero-order valence-electron chi connectivity index (χ0n) is 17.9. The maximum atomic E-state index is 14.4. The highest BCUT2D eigenvalue weighted by atomic mass is 19.3. The van der Waals surface area contributed by atoms with Crippen LogP contribution in [0.15, 0.2) is 35.3 Å². The highest BCUT2D eigenvalue weighted by Crippen LogP contribution is 2.21. The van der Waals surface area contributed by atoms with Gasteiger partial charge in [-0.3, -0.25) is 19.5 Å². The van der Waals surface area contributed by atoms with E-state index in [2.05, 4.69) is 25.2 Å². The number of fused-ring (bicyclic) bond motifs is 1. The Bertz CT molecular complexity index is 1220. The van der Waals surface area contributed by atoms with Crippen molar-refractivity contribution in [1.29, 1.82) is 0 Å². The van der Waals surface area contributed by atoms with Gasteiger partial charge in [0.1, 0.15) is 5.69 Å². The molecule has 0 spiro atoms. The molecule has 1 amide bonds. The van der Waals surface area contributed by atoms with E-state index in [1.165, 1.54) is 19.2 Å². The summed E-state index contributed by atoms with van der Waals surface area (Å²) in [5.41, 5.74) is 1.17. The van der Waals surface area contributed by atoms with Crippen molar-refractivity contribution in [1.82, 2.24) is 25.2 Å². The molecule has 0 bridgehead atoms. The SMILES string of the molecule is CNC(=O)c1ccc(N2CCN(Cc3cc4[nH]c(=O)c(CC(F)F)cc4cn3)CC2)c(F)n1. The first-order chi connectivity index (χ1) is 15.8. The Morgan fingerprint density at radius 3 is 2.64 bits per heavy atom. The van der Waals surface area contributed by atoms with Gasteiger partial charge >= 0.3 is 0 Å². The van der Waals surface area contributed by atoms with E-state index in [4.69, 9.17) is 0 Å². The van der Waals surface area contributed by atoms with Crippen LogP contribution in [-0.4, -0.2) is 65.4 Å². The van der Waals surface area contributed by atoms with Gasteiger partial charge in [0, 0.05) is 63.3 Å². The lowest BCUT2D eigenvalue weighted by atomic mass is 10.1. The van der Waals surface area contributed by atoms with E-state index in [1.807, 2.05) is 4.90 Å². The summed E-state index contributed by atoms with van der Waals surface area (Å²) in [6.07, 6.45) is -1.62. The lowest BCUT2D eigenvalue weighted by Gasteiger charge is -2.35. The van der Waals surface area contributed by atoms with Gasteiger partial charge in [-0.05, 0) is 24.3 Å². The van der Waals surface area contributed by atoms with Crippen molar-refractivity contribution in [2.45, 2.75) is 19.4 Å². The maximum Gasteiger partial charge on any atom is 0.269 e. The number of pyridine rings is 3. The second kappa shape index (κ2) is 9.57. The molecule has 0 atom stereocenters. The summed E-state index contributed by atoms with van der Waals surface area (Å²) in [6.45, 7) is 2.97. The Hall–Kier alpha value is -3.47. The smallest absolute Gasteiger partial charge is 0.269 e. The van der Waals surface area contributed by atoms with Crippen molar-refractivity contribution in [3.05, 3.63) is 63.7 Å². The van der Waals surface area contributed by atoms with Gasteiger partial charge in [-0.2, -0.15) is 4.39 Å². The predicted molar refractivity (Wildman–Crippen MR) is 117 cm³/mol. The highest BCUT2D eigenvalue weighted by Gasteiger charge is 2.22. The number of halogens is 3. The van der Waals surface area contributed by atoms with E-state index in [0.29, 0.717) is 49.3 Å². The Labute approximate surface area is 187 Å². The molecule has 1 aliphatic rings. The normalized spacial score (nSPS) is 14.8. The average molecular weight is 460 g/mol. The second-order valence-corrected chi connectivity index (χ2v) is 7.83. The number of aromatic nitrogens is 3. The molecule has 4 heterocycles. The number of aromatic amines is 1. The van der Waals surface area contributed by atoms with Crippen molar-refractivity contribution in [2.75, 3.05) is 38.1 Å². The number of nitrogens with zero attached hydrogens (tertiary/aromatic N) is 4. The molecule has 1 aliphatic heterocycles. The molecule has 0 aromatic carbocycles. The van der Waals surface area contributed by atoms with Crippen LogP contribution in [-0.2, 0) is 13.0 Å². The Kier molecular flexibility index (Phi) is 6.59. The van der Waals surface area contributed by atoms with E-state index >= 15 is 0 Å². The third kappa shape index (κ3) is 5.14. The standard InChI is InChI=1S/C22H23F3N6O2/c1-26-22(33)16-2-3-18(20(25)28-16)31-6-4-30(5-7-31)12-15-10-17-14(11-27-15)8-13(9-19(23)24)21(32)29-17/h2-3,8,10-11,19H,4-7,9,12H2,1H3,(H,26,33)(H,29,32). The van der Waals surface area contributed by atoms with Gasteiger partial charge in [0.15, 0.2) is 0 Å². The first kappa shape index (κ1) is 22.7. The molecular formula is C22H23F3N6O2. The number of piperazine rings is 1. The van der Waals surface area contributed by atoms with E-state index in [9.17, 15) is 22.8 Å². The van der Waals surface area contributed by atoms with Crippen molar-refractivity contribution in [3.8, 4) is 0 Å². The summed E-state index contributed by atoms with van der Waals surface area (Å²) in [4.78, 5) is 38.5. The summed E-state index contributed by atoms with van der Waals surface area (Å²) < 4.78 is 39.7. The highest BCUT2D eigenvalue weighted by molar-refractivity contribution is 5.92. The van der Waals surface area contributed by atoms with Crippen molar-refractivity contribution < 1.29 is 18.0 Å². The van der Waals surface area contributed by atoms with Crippen LogP contribution in [0.4, 0.5) is 18.9 Å². The lowest BCUT2D eigenvalue weighted by Crippen LogP contribution is -2.46. The van der Waals surface area contributed by atoms with Crippen LogP contribution in [0.2, 0.25) is 0 Å². The molecular weight excluding hydrogens is 437 g/mol. The molecule has 8 nitrogen and oxygen atoms in total. The van der Waals surface area contributed by atoms with Gasteiger partial charge in [-0.25, -0.2) is 13.8 Å². The first-order valence-corrected chi connectivity index (χ1v) is 10.5. The van der Waals surface area contributed by atoms with Crippen LogP contribution in [0.3, 0.4) is 0 Å². The molecule has 11 heteroatoms. The molecule has 0 radical (unpaired) electrons. The monoisotopic (exact) mass is 460 g/mol. The van der Waals surface area contributed by atoms with Crippen LogP contribution in [0.25, 0.3) is 10.9 Å². The van der Waals surface area contributed by atoms with E-state index in [1.54, 1.807) is 18.3 Å². The van der Waals surface area contributed by atoms with Crippen molar-refractivity contribution in [3.63, 3.8) is 0 Å². The quantitative estimate of drug-likeness (QED) is 0.546. The molecule has 0 saturated carbocycles. The van der Waals surface area contributed by atoms with Gasteiger partial charge < -0.3 is 15.2 Å². The third-order valence-electron chi connectivity index (χ3n) is 5.62. The Balaban J connectivity index is 1.40. The van der Waals surface area contributed by atoms with Crippen LogP contribution in [0, 0.1) is 5.95 Å². The van der Waals surface area contributed by atoms with E-state index in [0.717, 1.165) is 5.69 Å². The second-order valence-electron chi connectivity index (χ2n) is 7.83. The van der Waals surface area contributed by atoms with Gasteiger partial charge in [-0.15, -0.1) is 0 Å². The number of nitrogens with one attached hydrogen (secondary N) is 2. The number of carbonyl (C=O) groups excluding carboxylic acids is 1. The minimum atomic E-state index is -2.59. The van der Waals surface area contributed by atoms with Crippen LogP contribution < -0.4 is 15.8 Å². The molecule has 174 valence electrons. The fourth-order valence-electron chi connectivity index (χ4n) is 3.89. The summed E-state index contributed by atoms with van der Waals surface area (Å²) in [7, 11) is 1.46. The van der Waals surface area contributed by atoms with Crippen LogP contribution >= 0.6 is 0 Å². The molecule has 2 N–H and O–H groups in total. The fraction of sp³-hybridized carbons (Fsp3) is 0.364. The first-order valence-electron chi connectivity index (χ1n) is 10.5. The van der Waals surface area contributed by atoms with Crippen LogP contribution in [0.1, 0.15) is 21.7 Å². The van der Waals surface area contributed by atoms with Crippen LogP contribution in [0.5, 0.6) is 0 Å². The van der Waals surface area contributed by atoms with Gasteiger partial charge in [0.05, 0.1) is 16.9 Å². The summed E-state index contributed by atoms with van der Waals surface area (Å²) in [6, 6.07) is 6.26. The maximum absolute atomic E-state index is 14.4. The summed E-state index contributed by atoms with van der Waals surface area (Å²) in [5.74, 6) is -1.13. The molecule has 33 heavy (non-hydrogen) atoms. The number of alkyl halides is 2. The van der Waals surface area contributed by atoms with E-state index < -0.39 is 30.3 Å². The molecule has 1 fully saturated rings. The lowest BCUT2D eigenvalue weighted by molar-refractivity contribution is 0.0957. The molecule has 4 rings (SSSR count). The topological polar surface area (TPSA) is 94.2 Å². The third-order valence-corrected chi connectivity index (χ3v) is 5.62. The number of hydrogen-bond donors (Lipinski definition) is 2. The molecule has 3 aromatic rings. The minimum absolute atomic E-state index is 0.0270. The molecule has 0 unspecified atom stereocenters.